The highest BCUT2D eigenvalue weighted by Crippen LogP contribution is 2.15. The molecule has 3 N–H and O–H groups in total. The van der Waals surface area contributed by atoms with Gasteiger partial charge in [-0.1, -0.05) is 42.5 Å². The van der Waals surface area contributed by atoms with Gasteiger partial charge < -0.3 is 15.8 Å². The van der Waals surface area contributed by atoms with E-state index in [9.17, 15) is 4.79 Å². The highest BCUT2D eigenvalue weighted by Gasteiger charge is 2.04. The lowest BCUT2D eigenvalue weighted by molar-refractivity contribution is -0.118. The molecule has 0 spiro atoms. The Morgan fingerprint density at radius 1 is 1.08 bits per heavy atom. The van der Waals surface area contributed by atoms with E-state index in [0.717, 1.165) is 25.1 Å². The number of primary amides is 1. The van der Waals surface area contributed by atoms with Gasteiger partial charge in [0.2, 0.25) is 5.91 Å². The van der Waals surface area contributed by atoms with Crippen molar-refractivity contribution >= 4 is 5.91 Å². The summed E-state index contributed by atoms with van der Waals surface area (Å²) in [7, 11) is 0. The Morgan fingerprint density at radius 2 is 1.75 bits per heavy atom. The Kier molecular flexibility index (Phi) is 7.30. The van der Waals surface area contributed by atoms with Gasteiger partial charge in [-0.3, -0.25) is 4.79 Å². The maximum atomic E-state index is 10.8. The van der Waals surface area contributed by atoms with E-state index < -0.39 is 0 Å². The van der Waals surface area contributed by atoms with Crippen LogP contribution < -0.4 is 15.8 Å². The number of carbonyl (C=O) groups is 1. The van der Waals surface area contributed by atoms with Crippen LogP contribution >= 0.6 is 0 Å². The van der Waals surface area contributed by atoms with Crippen LogP contribution in [-0.4, -0.2) is 25.1 Å². The smallest absolute Gasteiger partial charge is 0.218 e. The molecular formula is C20H26N2O2. The van der Waals surface area contributed by atoms with Crippen molar-refractivity contribution in [2.45, 2.75) is 32.2 Å². The molecule has 128 valence electrons. The van der Waals surface area contributed by atoms with Crippen LogP contribution in [0.3, 0.4) is 0 Å². The van der Waals surface area contributed by atoms with Gasteiger partial charge in [0.05, 0.1) is 6.61 Å². The van der Waals surface area contributed by atoms with Gasteiger partial charge in [-0.2, -0.15) is 0 Å². The molecule has 0 aliphatic rings. The van der Waals surface area contributed by atoms with E-state index in [2.05, 4.69) is 41.7 Å². The summed E-state index contributed by atoms with van der Waals surface area (Å²) in [5.41, 5.74) is 7.74. The maximum absolute atomic E-state index is 10.8. The van der Waals surface area contributed by atoms with Crippen LogP contribution in [0.5, 0.6) is 5.75 Å². The third kappa shape index (κ3) is 6.84. The van der Waals surface area contributed by atoms with Gasteiger partial charge in [-0.25, -0.2) is 0 Å². The van der Waals surface area contributed by atoms with E-state index in [1.165, 1.54) is 11.1 Å². The first kappa shape index (κ1) is 18.0. The highest BCUT2D eigenvalue weighted by atomic mass is 16.5. The van der Waals surface area contributed by atoms with Crippen molar-refractivity contribution < 1.29 is 9.53 Å². The Bertz CT molecular complexity index is 611. The van der Waals surface area contributed by atoms with Crippen molar-refractivity contribution in [3.05, 3.63) is 65.7 Å². The fourth-order valence-corrected chi connectivity index (χ4v) is 2.52. The van der Waals surface area contributed by atoms with Crippen molar-refractivity contribution in [2.24, 2.45) is 5.73 Å². The van der Waals surface area contributed by atoms with Gasteiger partial charge in [-0.05, 0) is 49.6 Å². The van der Waals surface area contributed by atoms with Gasteiger partial charge in [-0.15, -0.1) is 0 Å². The number of amides is 1. The first-order chi connectivity index (χ1) is 11.6. The van der Waals surface area contributed by atoms with Gasteiger partial charge in [0.1, 0.15) is 5.75 Å². The van der Waals surface area contributed by atoms with Crippen LogP contribution in [0.4, 0.5) is 0 Å². The predicted molar refractivity (Wildman–Crippen MR) is 97.1 cm³/mol. The van der Waals surface area contributed by atoms with E-state index in [-0.39, 0.29) is 11.9 Å². The van der Waals surface area contributed by atoms with Crippen LogP contribution in [0, 0.1) is 0 Å². The van der Waals surface area contributed by atoms with Gasteiger partial charge in [0.15, 0.2) is 0 Å². The normalized spacial score (nSPS) is 11.9. The molecule has 0 aliphatic carbocycles. The maximum Gasteiger partial charge on any atom is 0.218 e. The molecule has 0 bridgehead atoms. The SMILES string of the molecule is CC(CC(N)=O)NCCCOc1ccc(Cc2ccccc2)cc1. The van der Waals surface area contributed by atoms with E-state index in [0.29, 0.717) is 13.0 Å². The number of rotatable bonds is 10. The van der Waals surface area contributed by atoms with E-state index in [1.807, 2.05) is 25.1 Å². The molecule has 0 saturated carbocycles. The molecule has 0 heterocycles. The van der Waals surface area contributed by atoms with Crippen molar-refractivity contribution in [1.29, 1.82) is 0 Å². The van der Waals surface area contributed by atoms with Crippen molar-refractivity contribution in [3.63, 3.8) is 0 Å². The molecule has 0 aromatic heterocycles. The Balaban J connectivity index is 1.66. The molecule has 4 heteroatoms. The third-order valence-electron chi connectivity index (χ3n) is 3.76. The second-order valence-corrected chi connectivity index (χ2v) is 6.03. The summed E-state index contributed by atoms with van der Waals surface area (Å²) in [6.07, 6.45) is 2.18. The monoisotopic (exact) mass is 326 g/mol. The number of benzene rings is 2. The summed E-state index contributed by atoms with van der Waals surface area (Å²) in [5.74, 6) is 0.610. The summed E-state index contributed by atoms with van der Waals surface area (Å²) in [5, 5.41) is 3.26. The summed E-state index contributed by atoms with van der Waals surface area (Å²) in [4.78, 5) is 10.8. The average molecular weight is 326 g/mol. The minimum Gasteiger partial charge on any atom is -0.494 e. The van der Waals surface area contributed by atoms with Crippen LogP contribution in [-0.2, 0) is 11.2 Å². The first-order valence-electron chi connectivity index (χ1n) is 8.41. The molecule has 1 atom stereocenters. The van der Waals surface area contributed by atoms with E-state index >= 15 is 0 Å². The quantitative estimate of drug-likeness (QED) is 0.660. The molecule has 2 aromatic carbocycles. The Labute approximate surface area is 144 Å². The molecule has 1 unspecified atom stereocenters. The molecular weight excluding hydrogens is 300 g/mol. The summed E-state index contributed by atoms with van der Waals surface area (Å²) in [6, 6.07) is 18.8. The fraction of sp³-hybridized carbons (Fsp3) is 0.350. The number of nitrogens with two attached hydrogens (primary N) is 1. The van der Waals surface area contributed by atoms with E-state index in [4.69, 9.17) is 10.5 Å². The molecule has 0 saturated heterocycles. The zero-order valence-corrected chi connectivity index (χ0v) is 14.2. The van der Waals surface area contributed by atoms with Crippen LogP contribution in [0.1, 0.15) is 30.9 Å². The first-order valence-corrected chi connectivity index (χ1v) is 8.41. The number of hydrogen-bond donors (Lipinski definition) is 2. The topological polar surface area (TPSA) is 64.4 Å². The molecule has 2 aromatic rings. The lowest BCUT2D eigenvalue weighted by atomic mass is 10.1. The van der Waals surface area contributed by atoms with E-state index in [1.54, 1.807) is 0 Å². The van der Waals surface area contributed by atoms with Crippen molar-refractivity contribution in [3.8, 4) is 5.75 Å². The Morgan fingerprint density at radius 3 is 2.42 bits per heavy atom. The van der Waals surface area contributed by atoms with Gasteiger partial charge >= 0.3 is 0 Å². The number of ether oxygens (including phenoxy) is 1. The number of carbonyl (C=O) groups excluding carboxylic acids is 1. The largest absolute Gasteiger partial charge is 0.494 e. The molecule has 0 radical (unpaired) electrons. The van der Waals surface area contributed by atoms with Crippen LogP contribution in [0.2, 0.25) is 0 Å². The lowest BCUT2D eigenvalue weighted by Gasteiger charge is -2.12. The average Bonchev–Trinajstić information content (AvgIpc) is 2.56. The minimum atomic E-state index is -0.276. The summed E-state index contributed by atoms with van der Waals surface area (Å²) >= 11 is 0. The van der Waals surface area contributed by atoms with Crippen molar-refractivity contribution in [2.75, 3.05) is 13.2 Å². The molecule has 0 fully saturated rings. The highest BCUT2D eigenvalue weighted by molar-refractivity contribution is 5.74. The zero-order chi connectivity index (χ0) is 17.2. The molecule has 1 amide bonds. The third-order valence-corrected chi connectivity index (χ3v) is 3.76. The number of hydrogen-bond acceptors (Lipinski definition) is 3. The molecule has 2 rings (SSSR count). The van der Waals surface area contributed by atoms with Crippen LogP contribution in [0.25, 0.3) is 0 Å². The van der Waals surface area contributed by atoms with Gasteiger partial charge in [0.25, 0.3) is 0 Å². The van der Waals surface area contributed by atoms with Gasteiger partial charge in [0, 0.05) is 12.5 Å². The zero-order valence-electron chi connectivity index (χ0n) is 14.2. The van der Waals surface area contributed by atoms with Crippen molar-refractivity contribution in [1.82, 2.24) is 5.32 Å². The lowest BCUT2D eigenvalue weighted by Crippen LogP contribution is -2.32. The fourth-order valence-electron chi connectivity index (χ4n) is 2.52. The number of nitrogens with one attached hydrogen (secondary N) is 1. The Hall–Kier alpha value is -2.33. The molecule has 0 aliphatic heterocycles. The predicted octanol–water partition coefficient (Wildman–Crippen LogP) is 2.90. The summed E-state index contributed by atoms with van der Waals surface area (Å²) < 4.78 is 5.74. The standard InChI is InChI=1S/C20H26N2O2/c1-16(14-20(21)23)22-12-5-13-24-19-10-8-18(9-11-19)15-17-6-3-2-4-7-17/h2-4,6-11,16,22H,5,12-15H2,1H3,(H2,21,23). The second kappa shape index (κ2) is 9.73. The van der Waals surface area contributed by atoms with Crippen LogP contribution in [0.15, 0.2) is 54.6 Å². The molecule has 24 heavy (non-hydrogen) atoms. The minimum absolute atomic E-state index is 0.111. The molecule has 4 nitrogen and oxygen atoms in total. The summed E-state index contributed by atoms with van der Waals surface area (Å²) in [6.45, 7) is 3.41. The second-order valence-electron chi connectivity index (χ2n) is 6.03.